The SMILES string of the molecule is CCc1ccccc1CN1CCn2nc([C@H](O)CC(=O)N(C)C)cc2C1. The number of aromatic nitrogens is 2. The Balaban J connectivity index is 1.67. The Hall–Kier alpha value is -2.18. The Morgan fingerprint density at radius 3 is 2.69 bits per heavy atom. The van der Waals surface area contributed by atoms with Crippen molar-refractivity contribution in [2.45, 2.75) is 45.5 Å². The van der Waals surface area contributed by atoms with E-state index in [-0.39, 0.29) is 12.3 Å². The predicted octanol–water partition coefficient (Wildman–Crippen LogP) is 1.97. The molecule has 6 nitrogen and oxygen atoms in total. The van der Waals surface area contributed by atoms with Crippen molar-refractivity contribution in [1.82, 2.24) is 19.6 Å². The molecule has 0 saturated carbocycles. The largest absolute Gasteiger partial charge is 0.386 e. The highest BCUT2D eigenvalue weighted by atomic mass is 16.3. The fourth-order valence-electron chi connectivity index (χ4n) is 3.39. The first kappa shape index (κ1) is 18.6. The number of aliphatic hydroxyl groups is 1. The van der Waals surface area contributed by atoms with Crippen molar-refractivity contribution in [1.29, 1.82) is 0 Å². The normalized spacial score (nSPS) is 15.5. The molecule has 0 radical (unpaired) electrons. The van der Waals surface area contributed by atoms with Gasteiger partial charge in [0.25, 0.3) is 0 Å². The van der Waals surface area contributed by atoms with E-state index in [4.69, 9.17) is 0 Å². The molecule has 1 N–H and O–H groups in total. The Labute approximate surface area is 155 Å². The first-order valence-corrected chi connectivity index (χ1v) is 9.22. The molecule has 0 saturated heterocycles. The van der Waals surface area contributed by atoms with Crippen molar-refractivity contribution >= 4 is 5.91 Å². The van der Waals surface area contributed by atoms with Gasteiger partial charge in [-0.3, -0.25) is 14.4 Å². The lowest BCUT2D eigenvalue weighted by Crippen LogP contribution is -2.33. The maximum atomic E-state index is 11.8. The number of carbonyl (C=O) groups excluding carboxylic acids is 1. The molecular weight excluding hydrogens is 328 g/mol. The zero-order chi connectivity index (χ0) is 18.7. The molecule has 1 aromatic heterocycles. The van der Waals surface area contributed by atoms with Gasteiger partial charge in [0.15, 0.2) is 0 Å². The summed E-state index contributed by atoms with van der Waals surface area (Å²) in [5, 5.41) is 14.8. The van der Waals surface area contributed by atoms with Crippen LogP contribution in [0.2, 0.25) is 0 Å². The van der Waals surface area contributed by atoms with Crippen LogP contribution in [0, 0.1) is 0 Å². The molecule has 0 spiro atoms. The molecular formula is C20H28N4O2. The van der Waals surface area contributed by atoms with E-state index in [1.807, 2.05) is 10.7 Å². The zero-order valence-corrected chi connectivity index (χ0v) is 15.9. The van der Waals surface area contributed by atoms with Crippen LogP contribution in [0.4, 0.5) is 0 Å². The number of amides is 1. The van der Waals surface area contributed by atoms with Gasteiger partial charge >= 0.3 is 0 Å². The van der Waals surface area contributed by atoms with Gasteiger partial charge in [0.05, 0.1) is 24.4 Å². The summed E-state index contributed by atoms with van der Waals surface area (Å²) in [4.78, 5) is 15.7. The average Bonchev–Trinajstić information content (AvgIpc) is 3.05. The summed E-state index contributed by atoms with van der Waals surface area (Å²) in [5.41, 5.74) is 4.45. The number of rotatable bonds is 6. The molecule has 1 aromatic carbocycles. The smallest absolute Gasteiger partial charge is 0.225 e. The van der Waals surface area contributed by atoms with Crippen LogP contribution >= 0.6 is 0 Å². The summed E-state index contributed by atoms with van der Waals surface area (Å²) in [5.74, 6) is -0.0960. The Morgan fingerprint density at radius 2 is 2.00 bits per heavy atom. The van der Waals surface area contributed by atoms with Crippen LogP contribution in [-0.2, 0) is 30.8 Å². The summed E-state index contributed by atoms with van der Waals surface area (Å²) >= 11 is 0. The number of hydrogen-bond acceptors (Lipinski definition) is 4. The van der Waals surface area contributed by atoms with Gasteiger partial charge in [-0.2, -0.15) is 5.10 Å². The van der Waals surface area contributed by atoms with Gasteiger partial charge in [0.1, 0.15) is 6.10 Å². The molecule has 1 amide bonds. The highest BCUT2D eigenvalue weighted by Crippen LogP contribution is 2.22. The van der Waals surface area contributed by atoms with Crippen LogP contribution in [0.5, 0.6) is 0 Å². The number of nitrogens with zero attached hydrogens (tertiary/aromatic N) is 4. The molecule has 1 aliphatic rings. The van der Waals surface area contributed by atoms with Crippen molar-refractivity contribution in [2.75, 3.05) is 20.6 Å². The second kappa shape index (κ2) is 8.01. The molecule has 2 aromatic rings. The quantitative estimate of drug-likeness (QED) is 0.860. The van der Waals surface area contributed by atoms with Gasteiger partial charge in [-0.15, -0.1) is 0 Å². The number of aliphatic hydroxyl groups excluding tert-OH is 1. The minimum Gasteiger partial charge on any atom is -0.386 e. The molecule has 2 heterocycles. The van der Waals surface area contributed by atoms with Gasteiger partial charge in [0.2, 0.25) is 5.91 Å². The van der Waals surface area contributed by atoms with Crippen molar-refractivity contribution in [2.24, 2.45) is 0 Å². The molecule has 3 rings (SSSR count). The fourth-order valence-corrected chi connectivity index (χ4v) is 3.39. The molecule has 1 atom stereocenters. The number of carbonyl (C=O) groups is 1. The Kier molecular flexibility index (Phi) is 5.74. The number of hydrogen-bond donors (Lipinski definition) is 1. The predicted molar refractivity (Wildman–Crippen MR) is 100 cm³/mol. The van der Waals surface area contributed by atoms with Crippen molar-refractivity contribution in [3.8, 4) is 0 Å². The monoisotopic (exact) mass is 356 g/mol. The first-order chi connectivity index (χ1) is 12.5. The summed E-state index contributed by atoms with van der Waals surface area (Å²) in [6, 6.07) is 10.5. The van der Waals surface area contributed by atoms with Crippen LogP contribution in [0.1, 0.15) is 42.0 Å². The molecule has 0 fully saturated rings. The Morgan fingerprint density at radius 1 is 1.27 bits per heavy atom. The molecule has 26 heavy (non-hydrogen) atoms. The van der Waals surface area contributed by atoms with Crippen molar-refractivity contribution < 1.29 is 9.90 Å². The topological polar surface area (TPSA) is 61.6 Å². The van der Waals surface area contributed by atoms with E-state index in [9.17, 15) is 9.90 Å². The van der Waals surface area contributed by atoms with Crippen molar-refractivity contribution in [3.05, 3.63) is 52.8 Å². The number of benzene rings is 1. The van der Waals surface area contributed by atoms with Gasteiger partial charge in [0, 0.05) is 33.7 Å². The highest BCUT2D eigenvalue weighted by Gasteiger charge is 2.23. The van der Waals surface area contributed by atoms with Gasteiger partial charge in [-0.1, -0.05) is 31.2 Å². The maximum absolute atomic E-state index is 11.8. The van der Waals surface area contributed by atoms with E-state index >= 15 is 0 Å². The van der Waals surface area contributed by atoms with Crippen LogP contribution in [0.3, 0.4) is 0 Å². The Bertz CT molecular complexity index is 769. The molecule has 0 unspecified atom stereocenters. The van der Waals surface area contributed by atoms with E-state index < -0.39 is 6.10 Å². The molecule has 6 heteroatoms. The third-order valence-electron chi connectivity index (χ3n) is 5.00. The maximum Gasteiger partial charge on any atom is 0.225 e. The third kappa shape index (κ3) is 4.14. The van der Waals surface area contributed by atoms with E-state index in [0.717, 1.165) is 38.3 Å². The van der Waals surface area contributed by atoms with E-state index in [1.165, 1.54) is 16.0 Å². The number of aryl methyl sites for hydroxylation is 1. The van der Waals surface area contributed by atoms with E-state index in [1.54, 1.807) is 14.1 Å². The highest BCUT2D eigenvalue weighted by molar-refractivity contribution is 5.76. The van der Waals surface area contributed by atoms with Crippen LogP contribution in [-0.4, -0.2) is 51.2 Å². The lowest BCUT2D eigenvalue weighted by Gasteiger charge is -2.28. The molecule has 1 aliphatic heterocycles. The van der Waals surface area contributed by atoms with E-state index in [2.05, 4.69) is 41.2 Å². The second-order valence-corrected chi connectivity index (χ2v) is 7.12. The summed E-state index contributed by atoms with van der Waals surface area (Å²) in [7, 11) is 3.39. The van der Waals surface area contributed by atoms with Gasteiger partial charge in [-0.05, 0) is 23.6 Å². The summed E-state index contributed by atoms with van der Waals surface area (Å²) in [6.07, 6.45) is 0.257. The minimum absolute atomic E-state index is 0.0665. The fraction of sp³-hybridized carbons (Fsp3) is 0.500. The minimum atomic E-state index is -0.850. The summed E-state index contributed by atoms with van der Waals surface area (Å²) in [6.45, 7) is 5.65. The third-order valence-corrected chi connectivity index (χ3v) is 5.00. The first-order valence-electron chi connectivity index (χ1n) is 9.22. The van der Waals surface area contributed by atoms with E-state index in [0.29, 0.717) is 5.69 Å². The summed E-state index contributed by atoms with van der Waals surface area (Å²) < 4.78 is 1.96. The van der Waals surface area contributed by atoms with Crippen LogP contribution < -0.4 is 0 Å². The average molecular weight is 356 g/mol. The molecule has 0 bridgehead atoms. The second-order valence-electron chi connectivity index (χ2n) is 7.12. The van der Waals surface area contributed by atoms with Gasteiger partial charge < -0.3 is 10.0 Å². The van der Waals surface area contributed by atoms with Gasteiger partial charge in [-0.25, -0.2) is 0 Å². The van der Waals surface area contributed by atoms with Crippen molar-refractivity contribution in [3.63, 3.8) is 0 Å². The lowest BCUT2D eigenvalue weighted by atomic mass is 10.0. The van der Waals surface area contributed by atoms with Crippen LogP contribution in [0.15, 0.2) is 30.3 Å². The number of fused-ring (bicyclic) bond motifs is 1. The standard InChI is InChI=1S/C20H28N4O2/c1-4-15-7-5-6-8-16(15)13-23-9-10-24-17(14-23)11-18(21-24)19(25)12-20(26)22(2)3/h5-8,11,19,25H,4,9-10,12-14H2,1-3H3/t19-/m1/s1. The van der Waals surface area contributed by atoms with Crippen LogP contribution in [0.25, 0.3) is 0 Å². The molecule has 140 valence electrons. The molecule has 0 aliphatic carbocycles. The lowest BCUT2D eigenvalue weighted by molar-refractivity contribution is -0.130. The zero-order valence-electron chi connectivity index (χ0n) is 15.9.